The molecule has 0 aliphatic carbocycles. The molecule has 8 heteroatoms. The van der Waals surface area contributed by atoms with Crippen molar-refractivity contribution in [3.63, 3.8) is 0 Å². The molecule has 3 rings (SSSR count). The molecule has 3 aromatic carbocycles. The minimum absolute atomic E-state index is 0.0826. The molecule has 1 N–H and O–H groups in total. The number of para-hydroxylation sites is 1. The fourth-order valence-electron chi connectivity index (χ4n) is 3.91. The molecule has 1 atom stereocenters. The Kier molecular flexibility index (Phi) is 8.76. The van der Waals surface area contributed by atoms with Gasteiger partial charge in [0.15, 0.2) is 0 Å². The molecule has 0 unspecified atom stereocenters. The molecule has 0 radical (unpaired) electrons. The van der Waals surface area contributed by atoms with E-state index in [0.717, 1.165) is 9.87 Å². The zero-order valence-electron chi connectivity index (χ0n) is 22.0. The van der Waals surface area contributed by atoms with Gasteiger partial charge >= 0.3 is 0 Å². The fourth-order valence-corrected chi connectivity index (χ4v) is 5.41. The van der Waals surface area contributed by atoms with E-state index in [1.807, 2.05) is 57.2 Å². The van der Waals surface area contributed by atoms with Crippen LogP contribution in [0.1, 0.15) is 38.8 Å². The maximum absolute atomic E-state index is 13.9. The zero-order chi connectivity index (χ0) is 27.2. The lowest BCUT2D eigenvalue weighted by atomic mass is 10.1. The first-order valence-corrected chi connectivity index (χ1v) is 13.6. The Balaban J connectivity index is 2.02. The van der Waals surface area contributed by atoms with E-state index in [1.54, 1.807) is 50.2 Å². The maximum atomic E-state index is 13.9. The lowest BCUT2D eigenvalue weighted by molar-refractivity contribution is -0.140. The highest BCUT2D eigenvalue weighted by molar-refractivity contribution is 7.92. The van der Waals surface area contributed by atoms with Crippen molar-refractivity contribution in [2.75, 3.05) is 10.8 Å². The van der Waals surface area contributed by atoms with Gasteiger partial charge in [0.25, 0.3) is 10.0 Å². The van der Waals surface area contributed by atoms with Crippen molar-refractivity contribution in [1.29, 1.82) is 0 Å². The van der Waals surface area contributed by atoms with Gasteiger partial charge in [-0.25, -0.2) is 8.42 Å². The normalized spacial score (nSPS) is 12.5. The van der Waals surface area contributed by atoms with Gasteiger partial charge in [-0.15, -0.1) is 0 Å². The van der Waals surface area contributed by atoms with E-state index in [1.165, 1.54) is 17.0 Å². The van der Waals surface area contributed by atoms with E-state index in [4.69, 9.17) is 0 Å². The van der Waals surface area contributed by atoms with E-state index < -0.39 is 34.1 Å². The SMILES string of the molecule is Cc1ccccc1N(CC(=O)N(Cc1ccccc1)[C@@H](C)C(=O)NC(C)(C)C)S(=O)(=O)c1ccccc1. The monoisotopic (exact) mass is 521 g/mol. The van der Waals surface area contributed by atoms with Crippen molar-refractivity contribution < 1.29 is 18.0 Å². The van der Waals surface area contributed by atoms with Crippen LogP contribution in [0.25, 0.3) is 0 Å². The lowest BCUT2D eigenvalue weighted by Gasteiger charge is -2.33. The van der Waals surface area contributed by atoms with Gasteiger partial charge in [0.05, 0.1) is 10.6 Å². The molecule has 0 saturated heterocycles. The van der Waals surface area contributed by atoms with Gasteiger partial charge in [0.1, 0.15) is 12.6 Å². The third kappa shape index (κ3) is 7.20. The summed E-state index contributed by atoms with van der Waals surface area (Å²) < 4.78 is 28.7. The highest BCUT2D eigenvalue weighted by atomic mass is 32.2. The Bertz CT molecular complexity index is 1320. The highest BCUT2D eigenvalue weighted by Crippen LogP contribution is 2.27. The molecule has 0 fully saturated rings. The number of carbonyl (C=O) groups excluding carboxylic acids is 2. The van der Waals surface area contributed by atoms with Crippen LogP contribution in [0.3, 0.4) is 0 Å². The first-order valence-electron chi connectivity index (χ1n) is 12.2. The number of carbonyl (C=O) groups is 2. The second kappa shape index (κ2) is 11.6. The minimum Gasteiger partial charge on any atom is -0.350 e. The van der Waals surface area contributed by atoms with E-state index in [2.05, 4.69) is 5.32 Å². The molecule has 37 heavy (non-hydrogen) atoms. The first-order chi connectivity index (χ1) is 17.4. The molecule has 0 bridgehead atoms. The number of nitrogens with one attached hydrogen (secondary N) is 1. The third-order valence-electron chi connectivity index (χ3n) is 5.86. The average molecular weight is 522 g/mol. The van der Waals surface area contributed by atoms with Gasteiger partial charge in [0, 0.05) is 12.1 Å². The molecule has 0 spiro atoms. The predicted octanol–water partition coefficient (Wildman–Crippen LogP) is 4.52. The number of rotatable bonds is 9. The Morgan fingerprint density at radius 1 is 0.865 bits per heavy atom. The van der Waals surface area contributed by atoms with Crippen molar-refractivity contribution in [3.05, 3.63) is 96.1 Å². The second-order valence-electron chi connectivity index (χ2n) is 10.0. The summed E-state index contributed by atoms with van der Waals surface area (Å²) in [4.78, 5) is 28.5. The number of anilines is 1. The molecule has 0 aliphatic heterocycles. The number of hydrogen-bond acceptors (Lipinski definition) is 4. The summed E-state index contributed by atoms with van der Waals surface area (Å²) in [6.07, 6.45) is 0. The Morgan fingerprint density at radius 2 is 1.41 bits per heavy atom. The van der Waals surface area contributed by atoms with Crippen LogP contribution in [0, 0.1) is 6.92 Å². The van der Waals surface area contributed by atoms with E-state index in [0.29, 0.717) is 11.3 Å². The predicted molar refractivity (Wildman–Crippen MR) is 147 cm³/mol. The first kappa shape index (κ1) is 27.9. The van der Waals surface area contributed by atoms with Gasteiger partial charge in [-0.2, -0.15) is 0 Å². The molecule has 0 aromatic heterocycles. The van der Waals surface area contributed by atoms with Gasteiger partial charge in [-0.05, 0) is 63.9 Å². The summed E-state index contributed by atoms with van der Waals surface area (Å²) in [5.74, 6) is -0.798. The fraction of sp³-hybridized carbons (Fsp3) is 0.310. The van der Waals surface area contributed by atoms with Crippen LogP contribution in [0.5, 0.6) is 0 Å². The third-order valence-corrected chi connectivity index (χ3v) is 7.63. The van der Waals surface area contributed by atoms with Crippen molar-refractivity contribution in [2.45, 2.75) is 57.6 Å². The van der Waals surface area contributed by atoms with E-state index >= 15 is 0 Å². The summed E-state index contributed by atoms with van der Waals surface area (Å²) in [5.41, 5.74) is 1.46. The van der Waals surface area contributed by atoms with Crippen molar-refractivity contribution >= 4 is 27.5 Å². The van der Waals surface area contributed by atoms with Gasteiger partial charge in [-0.1, -0.05) is 66.7 Å². The average Bonchev–Trinajstić information content (AvgIpc) is 2.86. The van der Waals surface area contributed by atoms with Crippen molar-refractivity contribution in [2.24, 2.45) is 0 Å². The van der Waals surface area contributed by atoms with Crippen LogP contribution in [0.15, 0.2) is 89.8 Å². The van der Waals surface area contributed by atoms with E-state index in [9.17, 15) is 18.0 Å². The van der Waals surface area contributed by atoms with Gasteiger partial charge in [0.2, 0.25) is 11.8 Å². The summed E-state index contributed by atoms with van der Waals surface area (Å²) in [5, 5.41) is 2.93. The second-order valence-corrected chi connectivity index (χ2v) is 11.9. The molecule has 0 heterocycles. The summed E-state index contributed by atoms with van der Waals surface area (Å²) in [6, 6.07) is 23.6. The van der Waals surface area contributed by atoms with Crippen LogP contribution < -0.4 is 9.62 Å². The van der Waals surface area contributed by atoms with E-state index in [-0.39, 0.29) is 17.3 Å². The Hall–Kier alpha value is -3.65. The van der Waals surface area contributed by atoms with Crippen LogP contribution >= 0.6 is 0 Å². The van der Waals surface area contributed by atoms with Gasteiger partial charge in [-0.3, -0.25) is 13.9 Å². The van der Waals surface area contributed by atoms with Crippen molar-refractivity contribution in [1.82, 2.24) is 10.2 Å². The lowest BCUT2D eigenvalue weighted by Crippen LogP contribution is -2.54. The van der Waals surface area contributed by atoms with Gasteiger partial charge < -0.3 is 10.2 Å². The number of amides is 2. The van der Waals surface area contributed by atoms with Crippen LogP contribution in [0.2, 0.25) is 0 Å². The standard InChI is InChI=1S/C29H35N3O4S/c1-22-14-12-13-19-26(22)32(37(35,36)25-17-10-7-11-18-25)21-27(33)31(20-24-15-8-6-9-16-24)23(2)28(34)30-29(3,4)5/h6-19,23H,20-21H2,1-5H3,(H,30,34)/t23-/m0/s1. The molecule has 0 saturated carbocycles. The molecule has 3 aromatic rings. The number of hydrogen-bond donors (Lipinski definition) is 1. The molecular formula is C29H35N3O4S. The quantitative estimate of drug-likeness (QED) is 0.449. The van der Waals surface area contributed by atoms with Crippen LogP contribution in [-0.2, 0) is 26.2 Å². The smallest absolute Gasteiger partial charge is 0.264 e. The number of benzene rings is 3. The molecular weight excluding hydrogens is 486 g/mol. The largest absolute Gasteiger partial charge is 0.350 e. The zero-order valence-corrected chi connectivity index (χ0v) is 22.8. The molecule has 7 nitrogen and oxygen atoms in total. The maximum Gasteiger partial charge on any atom is 0.264 e. The molecule has 0 aliphatic rings. The van der Waals surface area contributed by atoms with Crippen LogP contribution in [-0.4, -0.2) is 43.3 Å². The number of sulfonamides is 1. The number of aryl methyl sites for hydroxylation is 1. The van der Waals surface area contributed by atoms with Crippen LogP contribution in [0.4, 0.5) is 5.69 Å². The summed E-state index contributed by atoms with van der Waals surface area (Å²) in [7, 11) is -4.07. The summed E-state index contributed by atoms with van der Waals surface area (Å²) in [6.45, 7) is 8.77. The highest BCUT2D eigenvalue weighted by Gasteiger charge is 2.33. The number of nitrogens with zero attached hydrogens (tertiary/aromatic N) is 2. The molecule has 2 amide bonds. The Labute approximate surface area is 220 Å². The summed E-state index contributed by atoms with van der Waals surface area (Å²) >= 11 is 0. The Morgan fingerprint density at radius 3 is 1.97 bits per heavy atom. The topological polar surface area (TPSA) is 86.8 Å². The van der Waals surface area contributed by atoms with Crippen molar-refractivity contribution in [3.8, 4) is 0 Å². The molecule has 196 valence electrons. The minimum atomic E-state index is -4.07.